The number of rotatable bonds is 7. The van der Waals surface area contributed by atoms with Crippen molar-refractivity contribution in [3.05, 3.63) is 35.4 Å². The molecule has 0 amide bonds. The van der Waals surface area contributed by atoms with Gasteiger partial charge in [0.05, 0.1) is 26.4 Å². The molecule has 0 atom stereocenters. The first-order chi connectivity index (χ1) is 11.6. The van der Waals surface area contributed by atoms with Gasteiger partial charge in [-0.1, -0.05) is 48.5 Å². The van der Waals surface area contributed by atoms with E-state index in [0.29, 0.717) is 26.2 Å². The highest BCUT2D eigenvalue weighted by Crippen LogP contribution is 2.18. The molecular weight excluding hydrogens is 322 g/mol. The number of carbonyl (C=O) groups is 1. The summed E-state index contributed by atoms with van der Waals surface area (Å²) in [5.41, 5.74) is 2.54. The van der Waals surface area contributed by atoms with E-state index in [1.807, 2.05) is 6.92 Å². The second-order valence-electron chi connectivity index (χ2n) is 5.79. The first-order valence-corrected chi connectivity index (χ1v) is 9.46. The van der Waals surface area contributed by atoms with E-state index in [0.717, 1.165) is 24.1 Å². The van der Waals surface area contributed by atoms with Gasteiger partial charge in [-0.2, -0.15) is 0 Å². The van der Waals surface area contributed by atoms with Crippen LogP contribution in [0.3, 0.4) is 0 Å². The summed E-state index contributed by atoms with van der Waals surface area (Å²) < 4.78 is 5.01. The van der Waals surface area contributed by atoms with Crippen molar-refractivity contribution in [3.63, 3.8) is 0 Å². The third-order valence-corrected chi connectivity index (χ3v) is 4.69. The Morgan fingerprint density at radius 1 is 1.29 bits per heavy atom. The molecular formula is C18H27N3O2S. The van der Waals surface area contributed by atoms with Crippen LogP contribution < -0.4 is 0 Å². The number of hydrogen-bond acceptors (Lipinski definition) is 6. The smallest absolute Gasteiger partial charge is 0.307 e. The van der Waals surface area contributed by atoms with Gasteiger partial charge in [-0.3, -0.25) is 9.69 Å². The molecule has 5 nitrogen and oxygen atoms in total. The SMILES string of the molecule is CCOC(=O)CCN1CN=C(SCC)N(Cc2ccc(C)cc2)C1. The first kappa shape index (κ1) is 18.8. The number of hydrogen-bond donors (Lipinski definition) is 0. The second-order valence-corrected chi connectivity index (χ2v) is 7.02. The minimum absolute atomic E-state index is 0.139. The fourth-order valence-corrected chi connectivity index (χ4v) is 3.24. The summed E-state index contributed by atoms with van der Waals surface area (Å²) in [4.78, 5) is 20.7. The van der Waals surface area contributed by atoms with Crippen LogP contribution in [0.25, 0.3) is 0 Å². The van der Waals surface area contributed by atoms with Gasteiger partial charge in [0, 0.05) is 13.1 Å². The molecule has 0 N–H and O–H groups in total. The van der Waals surface area contributed by atoms with Crippen molar-refractivity contribution in [3.8, 4) is 0 Å². The van der Waals surface area contributed by atoms with Crippen molar-refractivity contribution in [2.45, 2.75) is 33.7 Å². The van der Waals surface area contributed by atoms with Crippen LogP contribution in [0.1, 0.15) is 31.4 Å². The molecule has 0 aliphatic carbocycles. The standard InChI is InChI=1S/C18H27N3O2S/c1-4-23-17(22)10-11-20-13-19-18(24-5-2)21(14-20)12-16-8-6-15(3)7-9-16/h6-9H,4-5,10-14H2,1-3H3. The molecule has 0 bridgehead atoms. The van der Waals surface area contributed by atoms with Crippen molar-refractivity contribution in [1.29, 1.82) is 0 Å². The molecule has 1 heterocycles. The lowest BCUT2D eigenvalue weighted by molar-refractivity contribution is -0.143. The molecule has 132 valence electrons. The zero-order chi connectivity index (χ0) is 17.4. The molecule has 1 aromatic carbocycles. The van der Waals surface area contributed by atoms with Crippen LogP contribution in [0, 0.1) is 6.92 Å². The molecule has 0 spiro atoms. The average molecular weight is 350 g/mol. The zero-order valence-electron chi connectivity index (χ0n) is 14.8. The number of thioether (sulfide) groups is 1. The Morgan fingerprint density at radius 3 is 2.71 bits per heavy atom. The third kappa shape index (κ3) is 5.83. The quantitative estimate of drug-likeness (QED) is 0.708. The average Bonchev–Trinajstić information content (AvgIpc) is 2.57. The number of carbonyl (C=O) groups excluding carboxylic acids is 1. The van der Waals surface area contributed by atoms with Gasteiger partial charge in [0.15, 0.2) is 5.17 Å². The van der Waals surface area contributed by atoms with Crippen LogP contribution in [-0.4, -0.2) is 53.2 Å². The number of aliphatic imine (C=N–C) groups is 1. The Bertz CT molecular complexity index is 560. The largest absolute Gasteiger partial charge is 0.466 e. The predicted molar refractivity (Wildman–Crippen MR) is 100.0 cm³/mol. The van der Waals surface area contributed by atoms with Gasteiger partial charge in [0.25, 0.3) is 0 Å². The fraction of sp³-hybridized carbons (Fsp3) is 0.556. The van der Waals surface area contributed by atoms with Crippen molar-refractivity contribution in [2.75, 3.05) is 32.2 Å². The van der Waals surface area contributed by atoms with Crippen molar-refractivity contribution in [2.24, 2.45) is 4.99 Å². The Labute approximate surface area is 149 Å². The molecule has 1 aromatic rings. The highest BCUT2D eigenvalue weighted by molar-refractivity contribution is 8.13. The van der Waals surface area contributed by atoms with Crippen molar-refractivity contribution in [1.82, 2.24) is 9.80 Å². The van der Waals surface area contributed by atoms with E-state index < -0.39 is 0 Å². The molecule has 0 fully saturated rings. The number of amidine groups is 1. The number of nitrogens with zero attached hydrogens (tertiary/aromatic N) is 3. The van der Waals surface area contributed by atoms with Crippen LogP contribution in [0.15, 0.2) is 29.3 Å². The highest BCUT2D eigenvalue weighted by Gasteiger charge is 2.21. The Kier molecular flexibility index (Phi) is 7.59. The third-order valence-electron chi connectivity index (χ3n) is 3.75. The van der Waals surface area contributed by atoms with E-state index in [2.05, 4.69) is 47.9 Å². The van der Waals surface area contributed by atoms with Gasteiger partial charge in [0.2, 0.25) is 0 Å². The fourth-order valence-electron chi connectivity index (χ4n) is 2.53. The summed E-state index contributed by atoms with van der Waals surface area (Å²) in [5.74, 6) is 0.867. The maximum absolute atomic E-state index is 11.6. The minimum Gasteiger partial charge on any atom is -0.466 e. The Hall–Kier alpha value is -1.53. The van der Waals surface area contributed by atoms with Crippen LogP contribution in [0.2, 0.25) is 0 Å². The number of aryl methyl sites for hydroxylation is 1. The number of ether oxygens (including phenoxy) is 1. The summed E-state index contributed by atoms with van der Waals surface area (Å²) in [6.45, 7) is 9.46. The molecule has 0 saturated carbocycles. The first-order valence-electron chi connectivity index (χ1n) is 8.48. The van der Waals surface area contributed by atoms with E-state index in [9.17, 15) is 4.79 Å². The van der Waals surface area contributed by atoms with E-state index in [1.165, 1.54) is 11.1 Å². The molecule has 1 aliphatic heterocycles. The molecule has 0 radical (unpaired) electrons. The predicted octanol–water partition coefficient (Wildman–Crippen LogP) is 3.09. The van der Waals surface area contributed by atoms with E-state index >= 15 is 0 Å². The highest BCUT2D eigenvalue weighted by atomic mass is 32.2. The second kappa shape index (κ2) is 9.69. The van der Waals surface area contributed by atoms with Crippen LogP contribution >= 0.6 is 11.8 Å². The van der Waals surface area contributed by atoms with Gasteiger partial charge in [0.1, 0.15) is 0 Å². The Balaban J connectivity index is 1.97. The molecule has 0 aromatic heterocycles. The van der Waals surface area contributed by atoms with Crippen molar-refractivity contribution >= 4 is 22.9 Å². The van der Waals surface area contributed by atoms with Crippen molar-refractivity contribution < 1.29 is 9.53 Å². The number of esters is 1. The van der Waals surface area contributed by atoms with Gasteiger partial charge >= 0.3 is 5.97 Å². The van der Waals surface area contributed by atoms with Gasteiger partial charge in [-0.25, -0.2) is 4.99 Å². The van der Waals surface area contributed by atoms with Gasteiger partial charge < -0.3 is 9.64 Å². The van der Waals surface area contributed by atoms with Gasteiger partial charge in [-0.15, -0.1) is 0 Å². The monoisotopic (exact) mass is 349 g/mol. The van der Waals surface area contributed by atoms with Crippen LogP contribution in [0.5, 0.6) is 0 Å². The molecule has 2 rings (SSSR count). The molecule has 0 unspecified atom stereocenters. The lowest BCUT2D eigenvalue weighted by atomic mass is 10.1. The maximum Gasteiger partial charge on any atom is 0.307 e. The minimum atomic E-state index is -0.139. The summed E-state index contributed by atoms with van der Waals surface area (Å²) in [6, 6.07) is 8.62. The summed E-state index contributed by atoms with van der Waals surface area (Å²) in [7, 11) is 0. The molecule has 0 saturated heterocycles. The summed E-state index contributed by atoms with van der Waals surface area (Å²) in [6.07, 6.45) is 0.415. The maximum atomic E-state index is 11.6. The lowest BCUT2D eigenvalue weighted by Gasteiger charge is -2.35. The van der Waals surface area contributed by atoms with E-state index in [4.69, 9.17) is 9.73 Å². The molecule has 1 aliphatic rings. The van der Waals surface area contributed by atoms with E-state index in [-0.39, 0.29) is 5.97 Å². The zero-order valence-corrected chi connectivity index (χ0v) is 15.6. The topological polar surface area (TPSA) is 45.1 Å². The lowest BCUT2D eigenvalue weighted by Crippen LogP contribution is -2.45. The molecule has 6 heteroatoms. The summed E-state index contributed by atoms with van der Waals surface area (Å²) >= 11 is 1.77. The van der Waals surface area contributed by atoms with Crippen LogP contribution in [0.4, 0.5) is 0 Å². The summed E-state index contributed by atoms with van der Waals surface area (Å²) in [5, 5.41) is 1.09. The normalized spacial score (nSPS) is 15.3. The van der Waals surface area contributed by atoms with Gasteiger partial charge in [-0.05, 0) is 25.2 Å². The van der Waals surface area contributed by atoms with Crippen LogP contribution in [-0.2, 0) is 16.1 Å². The Morgan fingerprint density at radius 2 is 2.04 bits per heavy atom. The van der Waals surface area contributed by atoms with E-state index in [1.54, 1.807) is 11.8 Å². The molecule has 24 heavy (non-hydrogen) atoms. The number of benzene rings is 1.